The Hall–Kier alpha value is -5.80. The van der Waals surface area contributed by atoms with Gasteiger partial charge in [0.05, 0.1) is 11.2 Å². The van der Waals surface area contributed by atoms with Gasteiger partial charge in [0.25, 0.3) is 0 Å². The molecule has 0 aliphatic rings. The minimum absolute atomic E-state index is 0.686. The second-order valence-corrected chi connectivity index (χ2v) is 11.0. The number of hydrogen-bond donors (Lipinski definition) is 0. The fourth-order valence-electron chi connectivity index (χ4n) is 6.39. The molecule has 0 bridgehead atoms. The molecule has 0 saturated heterocycles. The highest BCUT2D eigenvalue weighted by Crippen LogP contribution is 2.41. The van der Waals surface area contributed by atoms with Crippen molar-refractivity contribution in [3.63, 3.8) is 0 Å². The van der Waals surface area contributed by atoms with Gasteiger partial charge in [-0.3, -0.25) is 0 Å². The predicted octanol–water partition coefficient (Wildman–Crippen LogP) is 10.8. The van der Waals surface area contributed by atoms with E-state index in [1.54, 1.807) is 0 Å². The third-order valence-corrected chi connectivity index (χ3v) is 8.45. The number of aromatic nitrogens is 2. The van der Waals surface area contributed by atoms with Gasteiger partial charge < -0.3 is 4.42 Å². The van der Waals surface area contributed by atoms with E-state index in [0.29, 0.717) is 5.82 Å². The zero-order chi connectivity index (χ0) is 28.3. The summed E-state index contributed by atoms with van der Waals surface area (Å²) >= 11 is 0. The van der Waals surface area contributed by atoms with E-state index < -0.39 is 0 Å². The quantitative estimate of drug-likeness (QED) is 0.220. The van der Waals surface area contributed by atoms with Gasteiger partial charge in [-0.15, -0.1) is 0 Å². The molecule has 0 N–H and O–H groups in total. The van der Waals surface area contributed by atoms with E-state index in [0.717, 1.165) is 66.0 Å². The van der Waals surface area contributed by atoms with Gasteiger partial charge in [0.15, 0.2) is 5.82 Å². The molecule has 3 heteroatoms. The van der Waals surface area contributed by atoms with Gasteiger partial charge in [0.1, 0.15) is 11.2 Å². The number of para-hydroxylation sites is 1. The van der Waals surface area contributed by atoms with Crippen LogP contribution in [0.25, 0.3) is 88.2 Å². The van der Waals surface area contributed by atoms with Crippen LogP contribution in [0.1, 0.15) is 0 Å². The second kappa shape index (κ2) is 9.37. The molecular weight excluding hydrogens is 524 g/mol. The zero-order valence-electron chi connectivity index (χ0n) is 23.2. The molecule has 200 valence electrons. The molecule has 0 radical (unpaired) electrons. The van der Waals surface area contributed by atoms with E-state index in [-0.39, 0.29) is 0 Å². The molecular formula is C40H24N2O. The molecule has 9 aromatic rings. The van der Waals surface area contributed by atoms with E-state index in [9.17, 15) is 0 Å². The Balaban J connectivity index is 1.30. The Morgan fingerprint density at radius 1 is 0.419 bits per heavy atom. The molecule has 9 rings (SSSR count). The Bertz CT molecular complexity index is 2510. The van der Waals surface area contributed by atoms with Crippen LogP contribution in [0, 0.1) is 0 Å². The third kappa shape index (κ3) is 3.83. The highest BCUT2D eigenvalue weighted by molar-refractivity contribution is 6.22. The molecule has 0 spiro atoms. The first-order chi connectivity index (χ1) is 21.3. The average Bonchev–Trinajstić information content (AvgIpc) is 3.45. The summed E-state index contributed by atoms with van der Waals surface area (Å²) in [5, 5.41) is 7.88. The summed E-state index contributed by atoms with van der Waals surface area (Å²) in [6.45, 7) is 0. The van der Waals surface area contributed by atoms with Crippen LogP contribution in [0.5, 0.6) is 0 Å². The van der Waals surface area contributed by atoms with Crippen LogP contribution < -0.4 is 0 Å². The predicted molar refractivity (Wildman–Crippen MR) is 178 cm³/mol. The van der Waals surface area contributed by atoms with Crippen molar-refractivity contribution in [1.82, 2.24) is 9.97 Å². The Morgan fingerprint density at radius 3 is 2.02 bits per heavy atom. The average molecular weight is 549 g/mol. The Labute approximate surface area is 247 Å². The molecule has 0 amide bonds. The van der Waals surface area contributed by atoms with Crippen molar-refractivity contribution in [3.05, 3.63) is 146 Å². The lowest BCUT2D eigenvalue weighted by molar-refractivity contribution is 0.669. The number of nitrogens with zero attached hydrogens (tertiary/aromatic N) is 2. The van der Waals surface area contributed by atoms with Crippen LogP contribution in [0.3, 0.4) is 0 Å². The smallest absolute Gasteiger partial charge is 0.161 e. The number of rotatable bonds is 3. The standard InChI is InChI=1S/C40H24N2O/c1-2-10-25(11-3-1)28-20-21-33-36(23-28)43-37-24-34(30-14-6-7-15-31(30)38(33)37)40-41-35-17-9-8-16-32(35)39(42-40)29-19-18-26-12-4-5-13-27(26)22-29/h1-24H. The van der Waals surface area contributed by atoms with Crippen molar-refractivity contribution >= 4 is 54.4 Å². The van der Waals surface area contributed by atoms with E-state index in [1.165, 1.54) is 16.3 Å². The molecule has 0 saturated carbocycles. The first-order valence-electron chi connectivity index (χ1n) is 14.5. The zero-order valence-corrected chi connectivity index (χ0v) is 23.2. The Morgan fingerprint density at radius 2 is 1.14 bits per heavy atom. The fraction of sp³-hybridized carbons (Fsp3) is 0. The molecule has 0 aliphatic carbocycles. The van der Waals surface area contributed by atoms with Crippen molar-refractivity contribution < 1.29 is 4.42 Å². The molecule has 3 nitrogen and oxygen atoms in total. The third-order valence-electron chi connectivity index (χ3n) is 8.45. The topological polar surface area (TPSA) is 38.9 Å². The lowest BCUT2D eigenvalue weighted by Gasteiger charge is -2.12. The molecule has 2 heterocycles. The molecule has 0 aliphatic heterocycles. The summed E-state index contributed by atoms with van der Waals surface area (Å²) in [6.07, 6.45) is 0. The van der Waals surface area contributed by atoms with Gasteiger partial charge in [0.2, 0.25) is 0 Å². The summed E-state index contributed by atoms with van der Waals surface area (Å²) in [6, 6.07) is 50.8. The van der Waals surface area contributed by atoms with Crippen LogP contribution in [0.4, 0.5) is 0 Å². The molecule has 0 unspecified atom stereocenters. The largest absolute Gasteiger partial charge is 0.456 e. The van der Waals surface area contributed by atoms with Gasteiger partial charge in [-0.05, 0) is 63.0 Å². The first-order valence-corrected chi connectivity index (χ1v) is 14.5. The van der Waals surface area contributed by atoms with Gasteiger partial charge in [-0.1, -0.05) is 115 Å². The van der Waals surface area contributed by atoms with Crippen molar-refractivity contribution in [2.45, 2.75) is 0 Å². The number of furan rings is 1. The summed E-state index contributed by atoms with van der Waals surface area (Å²) in [7, 11) is 0. The minimum atomic E-state index is 0.686. The monoisotopic (exact) mass is 548 g/mol. The molecule has 7 aromatic carbocycles. The maximum Gasteiger partial charge on any atom is 0.161 e. The lowest BCUT2D eigenvalue weighted by Crippen LogP contribution is -1.96. The van der Waals surface area contributed by atoms with Crippen molar-refractivity contribution in [3.8, 4) is 33.8 Å². The number of hydrogen-bond acceptors (Lipinski definition) is 3. The SMILES string of the molecule is c1ccc(-c2ccc3c(c2)oc2cc(-c4nc(-c5ccc6ccccc6c5)c5ccccc5n4)c4ccccc4c23)cc1. The van der Waals surface area contributed by atoms with Crippen LogP contribution in [0.2, 0.25) is 0 Å². The van der Waals surface area contributed by atoms with Crippen molar-refractivity contribution in [2.24, 2.45) is 0 Å². The first kappa shape index (κ1) is 23.9. The maximum absolute atomic E-state index is 6.58. The summed E-state index contributed by atoms with van der Waals surface area (Å²) in [5.41, 5.74) is 7.87. The van der Waals surface area contributed by atoms with Crippen LogP contribution in [-0.2, 0) is 0 Å². The molecule has 0 fully saturated rings. The van der Waals surface area contributed by atoms with Gasteiger partial charge >= 0.3 is 0 Å². The summed E-state index contributed by atoms with van der Waals surface area (Å²) in [5.74, 6) is 0.686. The summed E-state index contributed by atoms with van der Waals surface area (Å²) in [4.78, 5) is 10.4. The Kier molecular flexibility index (Phi) is 5.20. The van der Waals surface area contributed by atoms with E-state index in [4.69, 9.17) is 14.4 Å². The second-order valence-electron chi connectivity index (χ2n) is 11.0. The van der Waals surface area contributed by atoms with Crippen LogP contribution in [0.15, 0.2) is 150 Å². The summed E-state index contributed by atoms with van der Waals surface area (Å²) < 4.78 is 6.58. The number of benzene rings is 7. The molecule has 2 aromatic heterocycles. The van der Waals surface area contributed by atoms with E-state index in [1.807, 2.05) is 12.1 Å². The van der Waals surface area contributed by atoms with Crippen LogP contribution in [-0.4, -0.2) is 9.97 Å². The fourth-order valence-corrected chi connectivity index (χ4v) is 6.39. The normalized spacial score (nSPS) is 11.7. The highest BCUT2D eigenvalue weighted by atomic mass is 16.3. The highest BCUT2D eigenvalue weighted by Gasteiger charge is 2.19. The lowest BCUT2D eigenvalue weighted by atomic mass is 9.97. The van der Waals surface area contributed by atoms with Gasteiger partial charge in [-0.2, -0.15) is 0 Å². The maximum atomic E-state index is 6.58. The van der Waals surface area contributed by atoms with Gasteiger partial charge in [0, 0.05) is 27.3 Å². The van der Waals surface area contributed by atoms with Gasteiger partial charge in [-0.25, -0.2) is 9.97 Å². The molecule has 43 heavy (non-hydrogen) atoms. The van der Waals surface area contributed by atoms with Crippen molar-refractivity contribution in [2.75, 3.05) is 0 Å². The van der Waals surface area contributed by atoms with E-state index in [2.05, 4.69) is 133 Å². The van der Waals surface area contributed by atoms with E-state index >= 15 is 0 Å². The number of fused-ring (bicyclic) bond motifs is 7. The molecule has 0 atom stereocenters. The minimum Gasteiger partial charge on any atom is -0.456 e. The van der Waals surface area contributed by atoms with Crippen molar-refractivity contribution in [1.29, 1.82) is 0 Å². The van der Waals surface area contributed by atoms with Crippen LogP contribution >= 0.6 is 0 Å².